The number of fused-ring (bicyclic) bond motifs is 1. The highest BCUT2D eigenvalue weighted by atomic mass is 16.6. The van der Waals surface area contributed by atoms with Crippen LogP contribution >= 0.6 is 0 Å². The predicted octanol–water partition coefficient (Wildman–Crippen LogP) is 0.0908. The summed E-state index contributed by atoms with van der Waals surface area (Å²) in [6.45, 7) is 0.753. The third-order valence-electron chi connectivity index (χ3n) is 1.80. The molecule has 0 bridgehead atoms. The van der Waals surface area contributed by atoms with Crippen molar-refractivity contribution in [2.24, 2.45) is 0 Å². The number of rotatable bonds is 0. The third-order valence-corrected chi connectivity index (χ3v) is 1.80. The van der Waals surface area contributed by atoms with Gasteiger partial charge in [-0.1, -0.05) is 0 Å². The minimum absolute atomic E-state index is 0.0810. The molecule has 2 aliphatic rings. The summed E-state index contributed by atoms with van der Waals surface area (Å²) in [6.07, 6.45) is 1.51. The highest BCUT2D eigenvalue weighted by Crippen LogP contribution is 2.26. The molecule has 0 aromatic heterocycles. The smallest absolute Gasteiger partial charge is 0.308 e. The van der Waals surface area contributed by atoms with Crippen LogP contribution in [0.2, 0.25) is 0 Å². The van der Waals surface area contributed by atoms with Crippen LogP contribution in [-0.2, 0) is 14.3 Å². The van der Waals surface area contributed by atoms with Crippen LogP contribution in [0.5, 0.6) is 0 Å². The lowest BCUT2D eigenvalue weighted by atomic mass is 10.2. The Morgan fingerprint density at radius 1 is 1.44 bits per heavy atom. The van der Waals surface area contributed by atoms with Crippen molar-refractivity contribution >= 4 is 5.97 Å². The van der Waals surface area contributed by atoms with Gasteiger partial charge in [0.1, 0.15) is 12.2 Å². The number of carbonyl (C=O) groups excluding carboxylic acids is 1. The number of ether oxygens (including phenoxy) is 2. The Kier molecular flexibility index (Phi) is 0.990. The number of carbonyl (C=O) groups is 1. The topological polar surface area (TPSA) is 35.5 Å². The lowest BCUT2D eigenvalue weighted by Gasteiger charge is -2.02. The molecule has 9 heavy (non-hydrogen) atoms. The van der Waals surface area contributed by atoms with Gasteiger partial charge in [-0.3, -0.25) is 4.79 Å². The fourth-order valence-corrected chi connectivity index (χ4v) is 1.34. The molecule has 0 saturated carbocycles. The van der Waals surface area contributed by atoms with Crippen molar-refractivity contribution < 1.29 is 14.3 Å². The monoisotopic (exact) mass is 128 g/mol. The van der Waals surface area contributed by atoms with Crippen LogP contribution < -0.4 is 0 Å². The largest absolute Gasteiger partial charge is 0.459 e. The summed E-state index contributed by atoms with van der Waals surface area (Å²) in [4.78, 5) is 10.6. The molecule has 3 heteroatoms. The van der Waals surface area contributed by atoms with E-state index >= 15 is 0 Å². The van der Waals surface area contributed by atoms with Gasteiger partial charge in [0.05, 0.1) is 13.0 Å². The maximum Gasteiger partial charge on any atom is 0.308 e. The van der Waals surface area contributed by atoms with Gasteiger partial charge in [0.25, 0.3) is 0 Å². The van der Waals surface area contributed by atoms with Gasteiger partial charge in [-0.25, -0.2) is 0 Å². The maximum absolute atomic E-state index is 10.6. The molecule has 0 N–H and O–H groups in total. The Labute approximate surface area is 52.9 Å². The average Bonchev–Trinajstić information content (AvgIpc) is 2.22. The van der Waals surface area contributed by atoms with E-state index in [1.165, 1.54) is 0 Å². The Hall–Kier alpha value is -0.570. The van der Waals surface area contributed by atoms with Crippen molar-refractivity contribution in [2.75, 3.05) is 6.61 Å². The normalized spacial score (nSPS) is 40.7. The van der Waals surface area contributed by atoms with Crippen molar-refractivity contribution in [3.63, 3.8) is 0 Å². The molecule has 50 valence electrons. The van der Waals surface area contributed by atoms with Crippen LogP contribution in [0.1, 0.15) is 12.8 Å². The fraction of sp³-hybridized carbons (Fsp3) is 0.833. The van der Waals surface area contributed by atoms with Crippen LogP contribution in [-0.4, -0.2) is 24.8 Å². The van der Waals surface area contributed by atoms with Gasteiger partial charge in [-0.15, -0.1) is 0 Å². The number of esters is 1. The molecule has 2 rings (SSSR count). The Bertz CT molecular complexity index is 129. The summed E-state index contributed by atoms with van der Waals surface area (Å²) in [5, 5.41) is 0. The van der Waals surface area contributed by atoms with E-state index in [-0.39, 0.29) is 18.2 Å². The Morgan fingerprint density at radius 3 is 3.11 bits per heavy atom. The van der Waals surface area contributed by atoms with Crippen molar-refractivity contribution in [3.05, 3.63) is 0 Å². The van der Waals surface area contributed by atoms with Gasteiger partial charge in [-0.2, -0.15) is 0 Å². The van der Waals surface area contributed by atoms with Crippen LogP contribution in [0, 0.1) is 0 Å². The summed E-state index contributed by atoms with van der Waals surface area (Å²) >= 11 is 0. The van der Waals surface area contributed by atoms with E-state index in [0.29, 0.717) is 6.42 Å². The third kappa shape index (κ3) is 0.721. The summed E-state index contributed by atoms with van der Waals surface area (Å²) in [7, 11) is 0. The fourth-order valence-electron chi connectivity index (χ4n) is 1.34. The molecule has 0 aromatic carbocycles. The summed E-state index contributed by atoms with van der Waals surface area (Å²) < 4.78 is 10.1. The zero-order valence-corrected chi connectivity index (χ0v) is 5.00. The molecule has 2 saturated heterocycles. The highest BCUT2D eigenvalue weighted by Gasteiger charge is 2.39. The Morgan fingerprint density at radius 2 is 2.33 bits per heavy atom. The molecule has 2 fully saturated rings. The molecular formula is C6H8O3. The van der Waals surface area contributed by atoms with E-state index in [1.807, 2.05) is 0 Å². The SMILES string of the molecule is O=C1C[C@H]2OCC[C@H]2O1. The molecule has 0 aliphatic carbocycles. The van der Waals surface area contributed by atoms with E-state index in [0.717, 1.165) is 13.0 Å². The van der Waals surface area contributed by atoms with Crippen LogP contribution in [0.25, 0.3) is 0 Å². The zero-order valence-electron chi connectivity index (χ0n) is 5.00. The van der Waals surface area contributed by atoms with Crippen LogP contribution in [0.15, 0.2) is 0 Å². The highest BCUT2D eigenvalue weighted by molar-refractivity contribution is 5.72. The molecule has 0 aromatic rings. The summed E-state index contributed by atoms with van der Waals surface area (Å²) in [5.74, 6) is -0.107. The van der Waals surface area contributed by atoms with E-state index < -0.39 is 0 Å². The quantitative estimate of drug-likeness (QED) is 0.434. The lowest BCUT2D eigenvalue weighted by molar-refractivity contribution is -0.141. The molecule has 2 atom stereocenters. The van der Waals surface area contributed by atoms with Crippen LogP contribution in [0.3, 0.4) is 0 Å². The number of hydrogen-bond acceptors (Lipinski definition) is 3. The standard InChI is InChI=1S/C6H8O3/c7-6-3-5-4(9-6)1-2-8-5/h4-5H,1-3H2/t4-,5-/m1/s1. The maximum atomic E-state index is 10.6. The Balaban J connectivity index is 2.09. The van der Waals surface area contributed by atoms with E-state index in [4.69, 9.17) is 9.47 Å². The molecule has 0 amide bonds. The molecule has 0 radical (unpaired) electrons. The summed E-state index contributed by atoms with van der Waals surface area (Å²) in [6, 6.07) is 0. The molecule has 2 heterocycles. The van der Waals surface area contributed by atoms with Crippen molar-refractivity contribution in [1.29, 1.82) is 0 Å². The van der Waals surface area contributed by atoms with E-state index in [2.05, 4.69) is 0 Å². The average molecular weight is 128 g/mol. The summed E-state index contributed by atoms with van der Waals surface area (Å²) in [5.41, 5.74) is 0. The predicted molar refractivity (Wildman–Crippen MR) is 28.9 cm³/mol. The zero-order chi connectivity index (χ0) is 6.27. The van der Waals surface area contributed by atoms with Gasteiger partial charge in [0, 0.05) is 6.42 Å². The second-order valence-corrected chi connectivity index (χ2v) is 2.43. The van der Waals surface area contributed by atoms with Crippen molar-refractivity contribution in [2.45, 2.75) is 25.0 Å². The first-order valence-corrected chi connectivity index (χ1v) is 3.17. The van der Waals surface area contributed by atoms with E-state index in [1.54, 1.807) is 0 Å². The second-order valence-electron chi connectivity index (χ2n) is 2.43. The minimum atomic E-state index is -0.107. The first kappa shape index (κ1) is 5.23. The van der Waals surface area contributed by atoms with Gasteiger partial charge < -0.3 is 9.47 Å². The molecule has 3 nitrogen and oxygen atoms in total. The molecule has 0 spiro atoms. The molecular weight excluding hydrogens is 120 g/mol. The van der Waals surface area contributed by atoms with Gasteiger partial charge in [-0.05, 0) is 0 Å². The first-order valence-electron chi connectivity index (χ1n) is 3.17. The number of hydrogen-bond donors (Lipinski definition) is 0. The second kappa shape index (κ2) is 1.70. The molecule has 2 aliphatic heterocycles. The van der Waals surface area contributed by atoms with Gasteiger partial charge >= 0.3 is 5.97 Å². The first-order chi connectivity index (χ1) is 4.36. The van der Waals surface area contributed by atoms with Crippen LogP contribution in [0.4, 0.5) is 0 Å². The van der Waals surface area contributed by atoms with E-state index in [9.17, 15) is 4.79 Å². The molecule has 0 unspecified atom stereocenters. The minimum Gasteiger partial charge on any atom is -0.459 e. The van der Waals surface area contributed by atoms with Gasteiger partial charge in [0.2, 0.25) is 0 Å². The van der Waals surface area contributed by atoms with Crippen molar-refractivity contribution in [3.8, 4) is 0 Å². The van der Waals surface area contributed by atoms with Gasteiger partial charge in [0.15, 0.2) is 0 Å². The lowest BCUT2D eigenvalue weighted by Crippen LogP contribution is -2.13. The van der Waals surface area contributed by atoms with Crippen molar-refractivity contribution in [1.82, 2.24) is 0 Å².